The van der Waals surface area contributed by atoms with Gasteiger partial charge in [0.1, 0.15) is 5.82 Å². The van der Waals surface area contributed by atoms with Crippen LogP contribution in [0.3, 0.4) is 0 Å². The van der Waals surface area contributed by atoms with Gasteiger partial charge in [-0.05, 0) is 37.5 Å². The summed E-state index contributed by atoms with van der Waals surface area (Å²) in [6.45, 7) is 3.67. The molecule has 1 heterocycles. The average molecular weight is 332 g/mol. The molecule has 0 aromatic heterocycles. The molecule has 1 atom stereocenters. The highest BCUT2D eigenvalue weighted by atomic mass is 19.1. The molecular weight excluding hydrogens is 307 g/mol. The van der Waals surface area contributed by atoms with Crippen molar-refractivity contribution in [1.82, 2.24) is 10.2 Å². The van der Waals surface area contributed by atoms with E-state index >= 15 is 0 Å². The van der Waals surface area contributed by atoms with Gasteiger partial charge in [-0.2, -0.15) is 0 Å². The summed E-state index contributed by atoms with van der Waals surface area (Å²) in [5.74, 6) is -0.455. The molecule has 1 N–H and O–H groups in total. The number of halogens is 1. The quantitative estimate of drug-likeness (QED) is 0.901. The zero-order valence-electron chi connectivity index (χ0n) is 14.2. The van der Waals surface area contributed by atoms with E-state index in [0.717, 1.165) is 31.2 Å². The molecule has 0 unspecified atom stereocenters. The van der Waals surface area contributed by atoms with Crippen LogP contribution in [0.15, 0.2) is 24.3 Å². The summed E-state index contributed by atoms with van der Waals surface area (Å²) in [6.07, 6.45) is 4.56. The number of nitrogens with zero attached hydrogens (tertiary/aromatic N) is 1. The molecule has 2 amide bonds. The van der Waals surface area contributed by atoms with E-state index in [0.29, 0.717) is 26.1 Å². The van der Waals surface area contributed by atoms with Gasteiger partial charge in [-0.1, -0.05) is 25.0 Å². The minimum atomic E-state index is -0.246. The SMILES string of the molecule is CCN1C[C@H](C(=O)NCC2(c3ccc(F)cc3)CCCC2)CC1=O. The topological polar surface area (TPSA) is 49.4 Å². The summed E-state index contributed by atoms with van der Waals surface area (Å²) < 4.78 is 13.2. The van der Waals surface area contributed by atoms with Crippen LogP contribution in [-0.4, -0.2) is 36.3 Å². The van der Waals surface area contributed by atoms with E-state index in [2.05, 4.69) is 5.32 Å². The monoisotopic (exact) mass is 332 g/mol. The lowest BCUT2D eigenvalue weighted by Gasteiger charge is -2.30. The summed E-state index contributed by atoms with van der Waals surface area (Å²) in [5, 5.41) is 3.07. The van der Waals surface area contributed by atoms with Crippen molar-refractivity contribution in [2.24, 2.45) is 5.92 Å². The van der Waals surface area contributed by atoms with Gasteiger partial charge >= 0.3 is 0 Å². The molecule has 1 aromatic rings. The number of carbonyl (C=O) groups is 2. The van der Waals surface area contributed by atoms with Crippen LogP contribution in [0.25, 0.3) is 0 Å². The Balaban J connectivity index is 1.66. The van der Waals surface area contributed by atoms with Crippen LogP contribution in [0.4, 0.5) is 4.39 Å². The smallest absolute Gasteiger partial charge is 0.225 e. The molecule has 2 fully saturated rings. The van der Waals surface area contributed by atoms with Crippen molar-refractivity contribution in [3.63, 3.8) is 0 Å². The largest absolute Gasteiger partial charge is 0.355 e. The normalized spacial score (nSPS) is 22.8. The molecule has 1 aliphatic carbocycles. The Labute approximate surface area is 142 Å². The van der Waals surface area contributed by atoms with E-state index in [-0.39, 0.29) is 29.0 Å². The third-order valence-electron chi connectivity index (χ3n) is 5.59. The standard InChI is InChI=1S/C19H25FN2O2/c1-2-22-12-14(11-17(22)23)18(24)21-13-19(9-3-4-10-19)15-5-7-16(20)8-6-15/h5-8,14H,2-4,9-13H2,1H3,(H,21,24)/t14-/m1/s1. The van der Waals surface area contributed by atoms with Crippen molar-refractivity contribution in [3.8, 4) is 0 Å². The van der Waals surface area contributed by atoms with Gasteiger partial charge in [0, 0.05) is 31.5 Å². The predicted octanol–water partition coefficient (Wildman–Crippen LogP) is 2.62. The molecule has 0 radical (unpaired) electrons. The Kier molecular flexibility index (Phi) is 4.88. The maximum Gasteiger partial charge on any atom is 0.225 e. The van der Waals surface area contributed by atoms with Crippen molar-refractivity contribution in [2.45, 2.75) is 44.4 Å². The second-order valence-corrected chi connectivity index (χ2v) is 7.05. The fourth-order valence-corrected chi connectivity index (χ4v) is 4.08. The van der Waals surface area contributed by atoms with E-state index in [4.69, 9.17) is 0 Å². The number of hydrogen-bond donors (Lipinski definition) is 1. The number of likely N-dealkylation sites (tertiary alicyclic amines) is 1. The Morgan fingerprint density at radius 3 is 2.54 bits per heavy atom. The van der Waals surface area contributed by atoms with E-state index in [1.807, 2.05) is 19.1 Å². The van der Waals surface area contributed by atoms with Crippen LogP contribution in [0.1, 0.15) is 44.6 Å². The van der Waals surface area contributed by atoms with Crippen LogP contribution < -0.4 is 5.32 Å². The third kappa shape index (κ3) is 3.30. The van der Waals surface area contributed by atoms with E-state index < -0.39 is 0 Å². The molecule has 1 saturated carbocycles. The van der Waals surface area contributed by atoms with Crippen molar-refractivity contribution < 1.29 is 14.0 Å². The second-order valence-electron chi connectivity index (χ2n) is 7.05. The van der Waals surface area contributed by atoms with Gasteiger partial charge in [0.25, 0.3) is 0 Å². The number of amides is 2. The molecule has 24 heavy (non-hydrogen) atoms. The number of carbonyl (C=O) groups excluding carboxylic acids is 2. The first-order valence-electron chi connectivity index (χ1n) is 8.85. The predicted molar refractivity (Wildman–Crippen MR) is 89.9 cm³/mol. The zero-order valence-corrected chi connectivity index (χ0v) is 14.2. The molecule has 2 aliphatic rings. The van der Waals surface area contributed by atoms with Gasteiger partial charge in [0.15, 0.2) is 0 Å². The van der Waals surface area contributed by atoms with Gasteiger partial charge in [-0.3, -0.25) is 9.59 Å². The highest BCUT2D eigenvalue weighted by molar-refractivity contribution is 5.89. The molecule has 1 aliphatic heterocycles. The molecule has 3 rings (SSSR count). The summed E-state index contributed by atoms with van der Waals surface area (Å²) in [6, 6.07) is 6.66. The second kappa shape index (κ2) is 6.91. The summed E-state index contributed by atoms with van der Waals surface area (Å²) in [5.41, 5.74) is 0.996. The highest BCUT2D eigenvalue weighted by Crippen LogP contribution is 2.40. The average Bonchev–Trinajstić information content (AvgIpc) is 3.20. The maximum absolute atomic E-state index is 13.2. The number of hydrogen-bond acceptors (Lipinski definition) is 2. The summed E-state index contributed by atoms with van der Waals surface area (Å²) in [4.78, 5) is 26.0. The highest BCUT2D eigenvalue weighted by Gasteiger charge is 2.38. The molecule has 1 saturated heterocycles. The fourth-order valence-electron chi connectivity index (χ4n) is 4.08. The first kappa shape index (κ1) is 16.9. The fraction of sp³-hybridized carbons (Fsp3) is 0.579. The number of nitrogens with one attached hydrogen (secondary N) is 1. The molecule has 0 spiro atoms. The first-order chi connectivity index (χ1) is 11.5. The number of rotatable bonds is 5. The Bertz CT molecular complexity index is 608. The molecular formula is C19H25FN2O2. The van der Waals surface area contributed by atoms with Crippen molar-refractivity contribution in [2.75, 3.05) is 19.6 Å². The Hall–Kier alpha value is -1.91. The van der Waals surface area contributed by atoms with Crippen LogP contribution in [0, 0.1) is 11.7 Å². The van der Waals surface area contributed by atoms with E-state index in [9.17, 15) is 14.0 Å². The lowest BCUT2D eigenvalue weighted by atomic mass is 9.78. The molecule has 130 valence electrons. The van der Waals surface area contributed by atoms with Gasteiger partial charge in [-0.25, -0.2) is 4.39 Å². The third-order valence-corrected chi connectivity index (χ3v) is 5.59. The van der Waals surface area contributed by atoms with Crippen molar-refractivity contribution >= 4 is 11.8 Å². The molecule has 4 nitrogen and oxygen atoms in total. The first-order valence-corrected chi connectivity index (χ1v) is 8.85. The maximum atomic E-state index is 13.2. The lowest BCUT2D eigenvalue weighted by Crippen LogP contribution is -2.42. The van der Waals surface area contributed by atoms with Gasteiger partial charge in [0.05, 0.1) is 5.92 Å². The molecule has 5 heteroatoms. The van der Waals surface area contributed by atoms with Crippen LogP contribution in [0.2, 0.25) is 0 Å². The van der Waals surface area contributed by atoms with Gasteiger partial charge in [-0.15, -0.1) is 0 Å². The van der Waals surface area contributed by atoms with Crippen molar-refractivity contribution in [3.05, 3.63) is 35.6 Å². The van der Waals surface area contributed by atoms with E-state index in [1.54, 1.807) is 4.90 Å². The summed E-state index contributed by atoms with van der Waals surface area (Å²) >= 11 is 0. The lowest BCUT2D eigenvalue weighted by molar-refractivity contribution is -0.128. The van der Waals surface area contributed by atoms with Crippen molar-refractivity contribution in [1.29, 1.82) is 0 Å². The Morgan fingerprint density at radius 1 is 1.29 bits per heavy atom. The molecule has 0 bridgehead atoms. The Morgan fingerprint density at radius 2 is 1.96 bits per heavy atom. The van der Waals surface area contributed by atoms with Crippen LogP contribution >= 0.6 is 0 Å². The van der Waals surface area contributed by atoms with E-state index in [1.165, 1.54) is 12.1 Å². The minimum Gasteiger partial charge on any atom is -0.355 e. The van der Waals surface area contributed by atoms with Gasteiger partial charge < -0.3 is 10.2 Å². The zero-order chi connectivity index (χ0) is 17.2. The van der Waals surface area contributed by atoms with Crippen LogP contribution in [-0.2, 0) is 15.0 Å². The minimum absolute atomic E-state index is 0.0345. The number of benzene rings is 1. The van der Waals surface area contributed by atoms with Gasteiger partial charge in [0.2, 0.25) is 11.8 Å². The summed E-state index contributed by atoms with van der Waals surface area (Å²) in [7, 11) is 0. The molecule has 1 aromatic carbocycles. The van der Waals surface area contributed by atoms with Crippen LogP contribution in [0.5, 0.6) is 0 Å².